The lowest BCUT2D eigenvalue weighted by Crippen LogP contribution is -2.38. The van der Waals surface area contributed by atoms with Gasteiger partial charge in [-0.05, 0) is 38.0 Å². The summed E-state index contributed by atoms with van der Waals surface area (Å²) in [5.41, 5.74) is 11.5. The van der Waals surface area contributed by atoms with E-state index >= 15 is 0 Å². The lowest BCUT2D eigenvalue weighted by Gasteiger charge is -2.28. The highest BCUT2D eigenvalue weighted by molar-refractivity contribution is 6.70. The van der Waals surface area contributed by atoms with E-state index in [0.29, 0.717) is 17.1 Å². The third kappa shape index (κ3) is 3.74. The van der Waals surface area contributed by atoms with Crippen LogP contribution >= 0.6 is 0 Å². The lowest BCUT2D eigenvalue weighted by molar-refractivity contribution is -0.111. The minimum atomic E-state index is -0.633. The van der Waals surface area contributed by atoms with Crippen LogP contribution in [0.5, 0.6) is 5.75 Å². The second-order valence-corrected chi connectivity index (χ2v) is 6.78. The summed E-state index contributed by atoms with van der Waals surface area (Å²) in [6.07, 6.45) is 0.794. The van der Waals surface area contributed by atoms with Crippen LogP contribution in [0.2, 0.25) is 0 Å². The van der Waals surface area contributed by atoms with Gasteiger partial charge in [-0.2, -0.15) is 5.10 Å². The molecule has 0 radical (unpaired) electrons. The van der Waals surface area contributed by atoms with E-state index in [4.69, 9.17) is 15.5 Å². The maximum atomic E-state index is 12.1. The summed E-state index contributed by atoms with van der Waals surface area (Å²) in [5.74, 6) is 0.0546. The first kappa shape index (κ1) is 17.7. The van der Waals surface area contributed by atoms with Gasteiger partial charge in [0.25, 0.3) is 5.91 Å². The van der Waals surface area contributed by atoms with E-state index in [2.05, 4.69) is 10.5 Å². The average Bonchev–Trinajstić information content (AvgIpc) is 2.60. The molecule has 0 bridgehead atoms. The molecule has 1 heterocycles. The van der Waals surface area contributed by atoms with E-state index in [0.717, 1.165) is 17.5 Å². The molecule has 26 heavy (non-hydrogen) atoms. The van der Waals surface area contributed by atoms with Crippen molar-refractivity contribution in [2.75, 3.05) is 12.5 Å². The molecule has 2 aromatic carbocycles. The standard InChI is InChI=1S/C20H22N4O2/c1-20(2)12-13-7-4-5-10-16(13)17(22-20)18(19(21)25)24-23-14-8-6-9-15(11-14)26-3/h4-11,23H,12H2,1-3H3,(H2,21,25)/b24-18-. The minimum Gasteiger partial charge on any atom is -0.497 e. The molecule has 0 unspecified atom stereocenters. The minimum absolute atomic E-state index is 0.105. The number of hydrazone groups is 1. The molecule has 1 amide bonds. The van der Waals surface area contributed by atoms with E-state index in [1.807, 2.05) is 56.3 Å². The quantitative estimate of drug-likeness (QED) is 0.642. The van der Waals surface area contributed by atoms with Gasteiger partial charge in [-0.25, -0.2) is 0 Å². The summed E-state index contributed by atoms with van der Waals surface area (Å²) in [7, 11) is 1.59. The molecule has 3 N–H and O–H groups in total. The molecular weight excluding hydrogens is 328 g/mol. The van der Waals surface area contributed by atoms with Crippen LogP contribution in [0.25, 0.3) is 0 Å². The molecule has 6 heteroatoms. The Morgan fingerprint density at radius 3 is 2.73 bits per heavy atom. The van der Waals surface area contributed by atoms with Crippen molar-refractivity contribution < 1.29 is 9.53 Å². The van der Waals surface area contributed by atoms with Crippen molar-refractivity contribution in [2.45, 2.75) is 25.8 Å². The highest BCUT2D eigenvalue weighted by Gasteiger charge is 2.30. The van der Waals surface area contributed by atoms with Crippen molar-refractivity contribution >= 4 is 23.0 Å². The first-order valence-corrected chi connectivity index (χ1v) is 8.36. The summed E-state index contributed by atoms with van der Waals surface area (Å²) in [6, 6.07) is 15.1. The maximum absolute atomic E-state index is 12.1. The summed E-state index contributed by atoms with van der Waals surface area (Å²) < 4.78 is 5.20. The van der Waals surface area contributed by atoms with Gasteiger partial charge in [-0.3, -0.25) is 15.2 Å². The Bertz CT molecular complexity index is 900. The van der Waals surface area contributed by atoms with Gasteiger partial charge in [0.15, 0.2) is 5.71 Å². The molecule has 0 aromatic heterocycles. The van der Waals surface area contributed by atoms with Crippen LogP contribution in [0.4, 0.5) is 5.69 Å². The fourth-order valence-corrected chi connectivity index (χ4v) is 2.99. The van der Waals surface area contributed by atoms with Gasteiger partial charge in [0, 0.05) is 11.6 Å². The lowest BCUT2D eigenvalue weighted by atomic mass is 9.85. The average molecular weight is 350 g/mol. The fourth-order valence-electron chi connectivity index (χ4n) is 2.99. The third-order valence-corrected chi connectivity index (χ3v) is 4.13. The largest absolute Gasteiger partial charge is 0.497 e. The Morgan fingerprint density at radius 2 is 2.00 bits per heavy atom. The number of ether oxygens (including phenoxy) is 1. The van der Waals surface area contributed by atoms with Gasteiger partial charge in [0.05, 0.1) is 24.0 Å². The number of primary amides is 1. The number of aliphatic imine (C=N–C) groups is 1. The van der Waals surface area contributed by atoms with Crippen LogP contribution in [0.3, 0.4) is 0 Å². The zero-order valence-corrected chi connectivity index (χ0v) is 15.1. The molecule has 2 aromatic rings. The zero-order chi connectivity index (χ0) is 18.7. The molecule has 0 atom stereocenters. The van der Waals surface area contributed by atoms with Crippen molar-refractivity contribution in [3.63, 3.8) is 0 Å². The molecule has 1 aliphatic heterocycles. The van der Waals surface area contributed by atoms with E-state index in [1.54, 1.807) is 13.2 Å². The van der Waals surface area contributed by atoms with Crippen LogP contribution in [0, 0.1) is 0 Å². The van der Waals surface area contributed by atoms with E-state index < -0.39 is 5.91 Å². The maximum Gasteiger partial charge on any atom is 0.271 e. The molecule has 0 saturated carbocycles. The van der Waals surface area contributed by atoms with E-state index in [-0.39, 0.29) is 11.3 Å². The van der Waals surface area contributed by atoms with Crippen molar-refractivity contribution in [1.82, 2.24) is 0 Å². The zero-order valence-electron chi connectivity index (χ0n) is 15.1. The highest BCUT2D eigenvalue weighted by Crippen LogP contribution is 2.27. The van der Waals surface area contributed by atoms with Crippen LogP contribution in [0.15, 0.2) is 58.6 Å². The number of hydrogen-bond acceptors (Lipinski definition) is 5. The number of anilines is 1. The first-order chi connectivity index (χ1) is 12.4. The first-order valence-electron chi connectivity index (χ1n) is 8.36. The predicted molar refractivity (Wildman–Crippen MR) is 104 cm³/mol. The van der Waals surface area contributed by atoms with Crippen LogP contribution < -0.4 is 15.9 Å². The van der Waals surface area contributed by atoms with Gasteiger partial charge < -0.3 is 10.5 Å². The Hall–Kier alpha value is -3.15. The van der Waals surface area contributed by atoms with Gasteiger partial charge in [0.2, 0.25) is 0 Å². The van der Waals surface area contributed by atoms with Crippen LogP contribution in [-0.4, -0.2) is 30.0 Å². The normalized spacial score (nSPS) is 15.7. The topological polar surface area (TPSA) is 89.1 Å². The molecule has 134 valence electrons. The monoisotopic (exact) mass is 350 g/mol. The van der Waals surface area contributed by atoms with Gasteiger partial charge in [-0.1, -0.05) is 30.3 Å². The number of rotatable bonds is 5. The number of amides is 1. The van der Waals surface area contributed by atoms with Gasteiger partial charge in [0.1, 0.15) is 5.75 Å². The van der Waals surface area contributed by atoms with Crippen molar-refractivity contribution in [2.24, 2.45) is 15.8 Å². The Morgan fingerprint density at radius 1 is 1.23 bits per heavy atom. The molecule has 0 saturated heterocycles. The molecular formula is C20H22N4O2. The number of hydrogen-bond donors (Lipinski definition) is 2. The Kier molecular flexibility index (Phi) is 4.75. The molecule has 1 aliphatic rings. The smallest absolute Gasteiger partial charge is 0.271 e. The molecule has 0 aliphatic carbocycles. The molecule has 0 spiro atoms. The summed E-state index contributed by atoms with van der Waals surface area (Å²) in [6.45, 7) is 4.05. The highest BCUT2D eigenvalue weighted by atomic mass is 16.5. The van der Waals surface area contributed by atoms with Crippen molar-refractivity contribution in [3.05, 3.63) is 59.7 Å². The number of methoxy groups -OCH3 is 1. The summed E-state index contributed by atoms with van der Waals surface area (Å²) in [5, 5.41) is 4.26. The number of fused-ring (bicyclic) bond motifs is 1. The second kappa shape index (κ2) is 7.00. The number of carbonyl (C=O) groups excluding carboxylic acids is 1. The summed E-state index contributed by atoms with van der Waals surface area (Å²) in [4.78, 5) is 16.9. The molecule has 3 rings (SSSR count). The van der Waals surface area contributed by atoms with Crippen molar-refractivity contribution in [3.8, 4) is 5.75 Å². The summed E-state index contributed by atoms with van der Waals surface area (Å²) >= 11 is 0. The third-order valence-electron chi connectivity index (χ3n) is 4.13. The van der Waals surface area contributed by atoms with Crippen LogP contribution in [-0.2, 0) is 11.2 Å². The second-order valence-electron chi connectivity index (χ2n) is 6.78. The van der Waals surface area contributed by atoms with Crippen molar-refractivity contribution in [1.29, 1.82) is 0 Å². The van der Waals surface area contributed by atoms with E-state index in [9.17, 15) is 4.79 Å². The Balaban J connectivity index is 2.01. The van der Waals surface area contributed by atoms with Crippen LogP contribution in [0.1, 0.15) is 25.0 Å². The number of benzene rings is 2. The van der Waals surface area contributed by atoms with Gasteiger partial charge >= 0.3 is 0 Å². The van der Waals surface area contributed by atoms with Gasteiger partial charge in [-0.15, -0.1) is 0 Å². The SMILES string of the molecule is COc1cccc(N/N=C(\C(N)=O)C2=NC(C)(C)Cc3ccccc32)c1. The molecule has 0 fully saturated rings. The molecule has 6 nitrogen and oxygen atoms in total. The number of nitrogens with zero attached hydrogens (tertiary/aromatic N) is 2. The number of carbonyl (C=O) groups is 1. The number of nitrogens with two attached hydrogens (primary N) is 1. The predicted octanol–water partition coefficient (Wildman–Crippen LogP) is 2.77. The fraction of sp³-hybridized carbons (Fsp3) is 0.250. The Labute approximate surface area is 152 Å². The number of nitrogens with one attached hydrogen (secondary N) is 1. The van der Waals surface area contributed by atoms with E-state index in [1.165, 1.54) is 0 Å².